The molecule has 0 aromatic heterocycles. The van der Waals surface area contributed by atoms with Crippen LogP contribution in [0.5, 0.6) is 0 Å². The highest BCUT2D eigenvalue weighted by Gasteiger charge is 2.35. The molecule has 0 saturated carbocycles. The van der Waals surface area contributed by atoms with Crippen LogP contribution in [-0.2, 0) is 4.79 Å². The lowest BCUT2D eigenvalue weighted by atomic mass is 9.87. The van der Waals surface area contributed by atoms with Gasteiger partial charge in [-0.1, -0.05) is 6.92 Å². The second kappa shape index (κ2) is 6.49. The van der Waals surface area contributed by atoms with E-state index in [1.807, 2.05) is 20.8 Å². The van der Waals surface area contributed by atoms with Crippen LogP contribution < -0.4 is 0 Å². The molecule has 0 aromatic rings. The van der Waals surface area contributed by atoms with Crippen molar-refractivity contribution in [2.24, 2.45) is 5.41 Å². The SMILES string of the molecule is CCC(C)(C#N)C(=O)N(CCCO)C(C)C. The summed E-state index contributed by atoms with van der Waals surface area (Å²) in [7, 11) is 0. The largest absolute Gasteiger partial charge is 0.396 e. The quantitative estimate of drug-likeness (QED) is 0.747. The first-order valence-electron chi connectivity index (χ1n) is 5.76. The Balaban J connectivity index is 4.81. The third-order valence-electron chi connectivity index (χ3n) is 2.87. The van der Waals surface area contributed by atoms with Gasteiger partial charge in [0.05, 0.1) is 6.07 Å². The van der Waals surface area contributed by atoms with Crippen molar-refractivity contribution in [1.29, 1.82) is 5.26 Å². The molecule has 92 valence electrons. The molecule has 0 aromatic carbocycles. The molecule has 0 bridgehead atoms. The number of carbonyl (C=O) groups excluding carboxylic acids is 1. The zero-order valence-electron chi connectivity index (χ0n) is 10.7. The monoisotopic (exact) mass is 226 g/mol. The van der Waals surface area contributed by atoms with Gasteiger partial charge in [0.2, 0.25) is 5.91 Å². The van der Waals surface area contributed by atoms with Crippen molar-refractivity contribution in [3.8, 4) is 6.07 Å². The normalized spacial score (nSPS) is 14.3. The van der Waals surface area contributed by atoms with Gasteiger partial charge in [0, 0.05) is 19.2 Å². The van der Waals surface area contributed by atoms with Crippen LogP contribution >= 0.6 is 0 Å². The van der Waals surface area contributed by atoms with Crippen molar-refractivity contribution in [3.63, 3.8) is 0 Å². The maximum Gasteiger partial charge on any atom is 0.242 e. The van der Waals surface area contributed by atoms with E-state index in [0.29, 0.717) is 19.4 Å². The highest BCUT2D eigenvalue weighted by Crippen LogP contribution is 2.24. The molecular formula is C12H22N2O2. The molecule has 0 fully saturated rings. The predicted octanol–water partition coefficient (Wildman–Crippen LogP) is 1.55. The van der Waals surface area contributed by atoms with E-state index in [9.17, 15) is 4.79 Å². The second-order valence-corrected chi connectivity index (χ2v) is 4.47. The zero-order chi connectivity index (χ0) is 12.8. The van der Waals surface area contributed by atoms with Crippen molar-refractivity contribution >= 4 is 5.91 Å². The molecule has 0 aliphatic rings. The zero-order valence-corrected chi connectivity index (χ0v) is 10.7. The number of nitriles is 1. The average Bonchev–Trinajstić information content (AvgIpc) is 2.27. The smallest absolute Gasteiger partial charge is 0.242 e. The van der Waals surface area contributed by atoms with Crippen LogP contribution in [0.25, 0.3) is 0 Å². The van der Waals surface area contributed by atoms with Gasteiger partial charge in [-0.3, -0.25) is 4.79 Å². The summed E-state index contributed by atoms with van der Waals surface area (Å²) in [6.07, 6.45) is 1.06. The van der Waals surface area contributed by atoms with Gasteiger partial charge in [0.25, 0.3) is 0 Å². The van der Waals surface area contributed by atoms with E-state index in [0.717, 1.165) is 0 Å². The number of amides is 1. The molecule has 0 heterocycles. The van der Waals surface area contributed by atoms with E-state index in [4.69, 9.17) is 10.4 Å². The molecule has 1 N–H and O–H groups in total. The molecule has 0 aliphatic heterocycles. The third kappa shape index (κ3) is 3.49. The van der Waals surface area contributed by atoms with Gasteiger partial charge >= 0.3 is 0 Å². The Hall–Kier alpha value is -1.08. The van der Waals surface area contributed by atoms with E-state index in [1.54, 1.807) is 11.8 Å². The van der Waals surface area contributed by atoms with E-state index in [2.05, 4.69) is 6.07 Å². The summed E-state index contributed by atoms with van der Waals surface area (Å²) in [6, 6.07) is 2.14. The molecule has 0 saturated heterocycles. The lowest BCUT2D eigenvalue weighted by molar-refractivity contribution is -0.140. The summed E-state index contributed by atoms with van der Waals surface area (Å²) >= 11 is 0. The predicted molar refractivity (Wildman–Crippen MR) is 62.6 cm³/mol. The van der Waals surface area contributed by atoms with Gasteiger partial charge in [-0.2, -0.15) is 5.26 Å². The van der Waals surface area contributed by atoms with Gasteiger partial charge in [-0.05, 0) is 33.6 Å². The van der Waals surface area contributed by atoms with Crippen LogP contribution in [0, 0.1) is 16.7 Å². The molecular weight excluding hydrogens is 204 g/mol. The lowest BCUT2D eigenvalue weighted by Crippen LogP contribution is -2.45. The standard InChI is InChI=1S/C12H22N2O2/c1-5-12(4,9-13)11(16)14(10(2)3)7-6-8-15/h10,15H,5-8H2,1-4H3. The minimum Gasteiger partial charge on any atom is -0.396 e. The van der Waals surface area contributed by atoms with Gasteiger partial charge in [0.15, 0.2) is 0 Å². The summed E-state index contributed by atoms with van der Waals surface area (Å²) in [5.41, 5.74) is -0.945. The summed E-state index contributed by atoms with van der Waals surface area (Å²) in [5.74, 6) is -0.138. The Morgan fingerprint density at radius 1 is 1.56 bits per heavy atom. The van der Waals surface area contributed by atoms with Crippen LogP contribution in [0.15, 0.2) is 0 Å². The molecule has 0 rings (SSSR count). The number of carbonyl (C=O) groups is 1. The first kappa shape index (κ1) is 14.9. The van der Waals surface area contributed by atoms with E-state index >= 15 is 0 Å². The van der Waals surface area contributed by atoms with Crippen LogP contribution in [0.1, 0.15) is 40.5 Å². The fourth-order valence-electron chi connectivity index (χ4n) is 1.43. The number of rotatable bonds is 6. The minimum atomic E-state index is -0.945. The van der Waals surface area contributed by atoms with Crippen molar-refractivity contribution in [2.45, 2.75) is 46.6 Å². The topological polar surface area (TPSA) is 64.3 Å². The highest BCUT2D eigenvalue weighted by molar-refractivity contribution is 5.85. The molecule has 1 amide bonds. The van der Waals surface area contributed by atoms with Gasteiger partial charge in [-0.25, -0.2) is 0 Å². The third-order valence-corrected chi connectivity index (χ3v) is 2.87. The summed E-state index contributed by atoms with van der Waals surface area (Å²) in [5, 5.41) is 17.9. The second-order valence-electron chi connectivity index (χ2n) is 4.47. The van der Waals surface area contributed by atoms with E-state index < -0.39 is 5.41 Å². The molecule has 1 atom stereocenters. The Bertz CT molecular complexity index is 271. The first-order chi connectivity index (χ1) is 7.42. The van der Waals surface area contributed by atoms with E-state index in [1.165, 1.54) is 0 Å². The first-order valence-corrected chi connectivity index (χ1v) is 5.76. The maximum absolute atomic E-state index is 12.2. The van der Waals surface area contributed by atoms with Crippen molar-refractivity contribution in [2.75, 3.05) is 13.2 Å². The van der Waals surface area contributed by atoms with Crippen LogP contribution in [-0.4, -0.2) is 35.1 Å². The summed E-state index contributed by atoms with van der Waals surface area (Å²) in [4.78, 5) is 13.9. The van der Waals surface area contributed by atoms with Crippen LogP contribution in [0.4, 0.5) is 0 Å². The molecule has 0 aliphatic carbocycles. The summed E-state index contributed by atoms with van der Waals surface area (Å²) < 4.78 is 0. The molecule has 4 heteroatoms. The van der Waals surface area contributed by atoms with Crippen LogP contribution in [0.2, 0.25) is 0 Å². The van der Waals surface area contributed by atoms with Crippen LogP contribution in [0.3, 0.4) is 0 Å². The highest BCUT2D eigenvalue weighted by atomic mass is 16.3. The minimum absolute atomic E-state index is 0.0540. The number of nitrogens with zero attached hydrogens (tertiary/aromatic N) is 2. The van der Waals surface area contributed by atoms with Crippen molar-refractivity contribution in [1.82, 2.24) is 4.90 Å². The number of aliphatic hydroxyl groups excluding tert-OH is 1. The Labute approximate surface area is 97.9 Å². The summed E-state index contributed by atoms with van der Waals surface area (Å²) in [6.45, 7) is 7.91. The lowest BCUT2D eigenvalue weighted by Gasteiger charge is -2.32. The van der Waals surface area contributed by atoms with Crippen molar-refractivity contribution < 1.29 is 9.90 Å². The number of hydrogen-bond donors (Lipinski definition) is 1. The maximum atomic E-state index is 12.2. The molecule has 0 spiro atoms. The average molecular weight is 226 g/mol. The Morgan fingerprint density at radius 2 is 2.12 bits per heavy atom. The number of hydrogen-bond acceptors (Lipinski definition) is 3. The van der Waals surface area contributed by atoms with Crippen molar-refractivity contribution in [3.05, 3.63) is 0 Å². The fraction of sp³-hybridized carbons (Fsp3) is 0.833. The molecule has 4 nitrogen and oxygen atoms in total. The fourth-order valence-corrected chi connectivity index (χ4v) is 1.43. The molecule has 16 heavy (non-hydrogen) atoms. The van der Waals surface area contributed by atoms with Gasteiger partial charge in [-0.15, -0.1) is 0 Å². The van der Waals surface area contributed by atoms with Gasteiger partial charge < -0.3 is 10.0 Å². The molecule has 1 unspecified atom stereocenters. The van der Waals surface area contributed by atoms with Gasteiger partial charge in [0.1, 0.15) is 5.41 Å². The Kier molecular flexibility index (Phi) is 6.05. The molecule has 0 radical (unpaired) electrons. The van der Waals surface area contributed by atoms with E-state index in [-0.39, 0.29) is 18.6 Å². The number of aliphatic hydroxyl groups is 1. The Morgan fingerprint density at radius 3 is 2.44 bits per heavy atom.